The lowest BCUT2D eigenvalue weighted by molar-refractivity contribution is 0.152. The standard InChI is InChI=1S/C20H34N4O2.HI/c1-4-26-15-12-22-20(21-2)23-16-19(24-13-6-5-7-14-24)17-8-10-18(25-3)11-9-17;/h8-11,19H,4-7,12-16H2,1-3H3,(H2,21,22,23);1H. The number of halogens is 1. The number of benzene rings is 1. The van der Waals surface area contributed by atoms with Crippen LogP contribution in [-0.4, -0.2) is 64.4 Å². The Morgan fingerprint density at radius 2 is 1.85 bits per heavy atom. The second kappa shape index (κ2) is 14.0. The first kappa shape index (κ1) is 24.0. The lowest BCUT2D eigenvalue weighted by atomic mass is 10.0. The molecule has 0 saturated carbocycles. The average Bonchev–Trinajstić information content (AvgIpc) is 2.71. The predicted octanol–water partition coefficient (Wildman–Crippen LogP) is 3.04. The van der Waals surface area contributed by atoms with E-state index in [-0.39, 0.29) is 24.0 Å². The molecule has 1 unspecified atom stereocenters. The SMILES string of the molecule is CCOCCNC(=NC)NCC(c1ccc(OC)cc1)N1CCCCC1.I. The summed E-state index contributed by atoms with van der Waals surface area (Å²) < 4.78 is 10.7. The van der Waals surface area contributed by atoms with Crippen molar-refractivity contribution >= 4 is 29.9 Å². The van der Waals surface area contributed by atoms with E-state index < -0.39 is 0 Å². The van der Waals surface area contributed by atoms with Crippen molar-refractivity contribution in [2.24, 2.45) is 4.99 Å². The Morgan fingerprint density at radius 1 is 1.15 bits per heavy atom. The molecule has 27 heavy (non-hydrogen) atoms. The van der Waals surface area contributed by atoms with Crippen molar-refractivity contribution in [2.45, 2.75) is 32.2 Å². The molecule has 2 rings (SSSR count). The fraction of sp³-hybridized carbons (Fsp3) is 0.650. The fourth-order valence-corrected chi connectivity index (χ4v) is 3.31. The molecule has 1 heterocycles. The van der Waals surface area contributed by atoms with Gasteiger partial charge in [0, 0.05) is 26.7 Å². The van der Waals surface area contributed by atoms with Crippen LogP contribution in [0.5, 0.6) is 5.75 Å². The van der Waals surface area contributed by atoms with Gasteiger partial charge in [-0.05, 0) is 50.6 Å². The van der Waals surface area contributed by atoms with Crippen LogP contribution in [0.2, 0.25) is 0 Å². The molecule has 1 aromatic carbocycles. The summed E-state index contributed by atoms with van der Waals surface area (Å²) in [4.78, 5) is 6.90. The second-order valence-electron chi connectivity index (χ2n) is 6.46. The number of nitrogens with zero attached hydrogens (tertiary/aromatic N) is 2. The van der Waals surface area contributed by atoms with Crippen molar-refractivity contribution in [2.75, 3.05) is 53.6 Å². The molecule has 6 nitrogen and oxygen atoms in total. The number of hydrogen-bond donors (Lipinski definition) is 2. The van der Waals surface area contributed by atoms with Gasteiger partial charge in [0.05, 0.1) is 19.8 Å². The fourth-order valence-electron chi connectivity index (χ4n) is 3.31. The van der Waals surface area contributed by atoms with E-state index in [1.54, 1.807) is 14.2 Å². The number of likely N-dealkylation sites (tertiary alicyclic amines) is 1. The van der Waals surface area contributed by atoms with Gasteiger partial charge in [0.2, 0.25) is 0 Å². The van der Waals surface area contributed by atoms with Gasteiger partial charge in [0.1, 0.15) is 5.75 Å². The molecule has 0 aromatic heterocycles. The summed E-state index contributed by atoms with van der Waals surface area (Å²) in [6, 6.07) is 8.76. The average molecular weight is 490 g/mol. The minimum atomic E-state index is 0. The van der Waals surface area contributed by atoms with Gasteiger partial charge in [0.15, 0.2) is 5.96 Å². The molecule has 1 fully saturated rings. The maximum atomic E-state index is 5.37. The Bertz CT molecular complexity index is 533. The van der Waals surface area contributed by atoms with Crippen LogP contribution in [0.4, 0.5) is 0 Å². The first-order chi connectivity index (χ1) is 12.8. The van der Waals surface area contributed by atoms with E-state index in [1.165, 1.54) is 24.8 Å². The Balaban J connectivity index is 0.00000364. The first-order valence-corrected chi connectivity index (χ1v) is 9.68. The number of aliphatic imine (C=N–C) groups is 1. The quantitative estimate of drug-likeness (QED) is 0.241. The van der Waals surface area contributed by atoms with Gasteiger partial charge in [-0.2, -0.15) is 0 Å². The summed E-state index contributed by atoms with van der Waals surface area (Å²) in [7, 11) is 3.51. The zero-order valence-corrected chi connectivity index (χ0v) is 19.2. The molecular formula is C20H35IN4O2. The minimum absolute atomic E-state index is 0. The van der Waals surface area contributed by atoms with Gasteiger partial charge >= 0.3 is 0 Å². The summed E-state index contributed by atoms with van der Waals surface area (Å²) in [5.74, 6) is 1.72. The zero-order valence-electron chi connectivity index (χ0n) is 16.9. The van der Waals surface area contributed by atoms with Crippen LogP contribution in [-0.2, 0) is 4.74 Å². The van der Waals surface area contributed by atoms with Gasteiger partial charge in [-0.15, -0.1) is 24.0 Å². The highest BCUT2D eigenvalue weighted by atomic mass is 127. The van der Waals surface area contributed by atoms with E-state index in [4.69, 9.17) is 9.47 Å². The summed E-state index contributed by atoms with van der Waals surface area (Å²) in [5.41, 5.74) is 1.31. The zero-order chi connectivity index (χ0) is 18.6. The normalized spacial score (nSPS) is 16.3. The van der Waals surface area contributed by atoms with Crippen LogP contribution in [0, 0.1) is 0 Å². The van der Waals surface area contributed by atoms with Gasteiger partial charge in [-0.1, -0.05) is 18.6 Å². The van der Waals surface area contributed by atoms with Gasteiger partial charge in [-0.25, -0.2) is 0 Å². The lowest BCUT2D eigenvalue weighted by Gasteiger charge is -2.35. The topological polar surface area (TPSA) is 58.1 Å². The molecule has 2 N–H and O–H groups in total. The highest BCUT2D eigenvalue weighted by Crippen LogP contribution is 2.25. The van der Waals surface area contributed by atoms with Crippen molar-refractivity contribution in [1.29, 1.82) is 0 Å². The van der Waals surface area contributed by atoms with E-state index in [2.05, 4.69) is 32.7 Å². The monoisotopic (exact) mass is 490 g/mol. The summed E-state index contributed by atoms with van der Waals surface area (Å²) in [6.07, 6.45) is 3.88. The Hall–Kier alpha value is -1.06. The molecule has 1 atom stereocenters. The summed E-state index contributed by atoms with van der Waals surface area (Å²) >= 11 is 0. The largest absolute Gasteiger partial charge is 0.497 e. The van der Waals surface area contributed by atoms with Crippen LogP contribution in [0.15, 0.2) is 29.3 Å². The second-order valence-corrected chi connectivity index (χ2v) is 6.46. The Kier molecular flexibility index (Phi) is 12.4. The molecule has 1 aromatic rings. The summed E-state index contributed by atoms with van der Waals surface area (Å²) in [5, 5.41) is 6.79. The number of rotatable bonds is 9. The lowest BCUT2D eigenvalue weighted by Crippen LogP contribution is -2.45. The molecular weight excluding hydrogens is 455 g/mol. The van der Waals surface area contributed by atoms with E-state index in [9.17, 15) is 0 Å². The number of nitrogens with one attached hydrogen (secondary N) is 2. The third-order valence-corrected chi connectivity index (χ3v) is 4.76. The van der Waals surface area contributed by atoms with E-state index in [1.807, 2.05) is 19.1 Å². The van der Waals surface area contributed by atoms with Crippen molar-refractivity contribution in [3.63, 3.8) is 0 Å². The number of hydrogen-bond acceptors (Lipinski definition) is 4. The van der Waals surface area contributed by atoms with E-state index in [0.29, 0.717) is 12.6 Å². The number of ether oxygens (including phenoxy) is 2. The van der Waals surface area contributed by atoms with Crippen molar-refractivity contribution in [1.82, 2.24) is 15.5 Å². The van der Waals surface area contributed by atoms with Crippen molar-refractivity contribution in [3.05, 3.63) is 29.8 Å². The van der Waals surface area contributed by atoms with E-state index >= 15 is 0 Å². The molecule has 0 radical (unpaired) electrons. The van der Waals surface area contributed by atoms with Gasteiger partial charge in [0.25, 0.3) is 0 Å². The maximum Gasteiger partial charge on any atom is 0.191 e. The minimum Gasteiger partial charge on any atom is -0.497 e. The molecule has 0 bridgehead atoms. The third-order valence-electron chi connectivity index (χ3n) is 4.76. The van der Waals surface area contributed by atoms with Crippen LogP contribution >= 0.6 is 24.0 Å². The van der Waals surface area contributed by atoms with Crippen LogP contribution in [0.3, 0.4) is 0 Å². The molecule has 0 amide bonds. The van der Waals surface area contributed by atoms with Crippen molar-refractivity contribution in [3.8, 4) is 5.75 Å². The smallest absolute Gasteiger partial charge is 0.191 e. The summed E-state index contributed by atoms with van der Waals surface area (Å²) in [6.45, 7) is 7.30. The molecule has 0 aliphatic carbocycles. The van der Waals surface area contributed by atoms with Crippen LogP contribution < -0.4 is 15.4 Å². The number of guanidine groups is 1. The molecule has 1 aliphatic heterocycles. The van der Waals surface area contributed by atoms with Crippen LogP contribution in [0.25, 0.3) is 0 Å². The third kappa shape index (κ3) is 8.23. The van der Waals surface area contributed by atoms with E-state index in [0.717, 1.165) is 44.5 Å². The molecule has 1 aliphatic rings. The number of methoxy groups -OCH3 is 1. The van der Waals surface area contributed by atoms with Gasteiger partial charge < -0.3 is 20.1 Å². The van der Waals surface area contributed by atoms with Crippen LogP contribution in [0.1, 0.15) is 37.8 Å². The van der Waals surface area contributed by atoms with Gasteiger partial charge in [-0.3, -0.25) is 9.89 Å². The molecule has 154 valence electrons. The molecule has 1 saturated heterocycles. The molecule has 7 heteroatoms. The first-order valence-electron chi connectivity index (χ1n) is 9.68. The Labute approximate surface area is 181 Å². The number of piperidine rings is 1. The Morgan fingerprint density at radius 3 is 2.44 bits per heavy atom. The van der Waals surface area contributed by atoms with Crippen molar-refractivity contribution < 1.29 is 9.47 Å². The highest BCUT2D eigenvalue weighted by molar-refractivity contribution is 14.0. The highest BCUT2D eigenvalue weighted by Gasteiger charge is 2.22. The molecule has 0 spiro atoms. The maximum absolute atomic E-state index is 5.37. The predicted molar refractivity (Wildman–Crippen MR) is 122 cm³/mol.